The number of quaternary nitrogens is 1. The minimum absolute atomic E-state index is 0. The van der Waals surface area contributed by atoms with Gasteiger partial charge in [0.25, 0.3) is 0 Å². The van der Waals surface area contributed by atoms with E-state index in [1.165, 1.54) is 77.0 Å². The fourth-order valence-corrected chi connectivity index (χ4v) is 5.45. The van der Waals surface area contributed by atoms with Crippen molar-refractivity contribution in [2.24, 2.45) is 5.92 Å². The summed E-state index contributed by atoms with van der Waals surface area (Å²) in [5.41, 5.74) is -0.819. The predicted octanol–water partition coefficient (Wildman–Crippen LogP) is 9.08. The van der Waals surface area contributed by atoms with E-state index in [9.17, 15) is 13.0 Å². The van der Waals surface area contributed by atoms with Gasteiger partial charge in [0.1, 0.15) is 0 Å². The van der Waals surface area contributed by atoms with Crippen molar-refractivity contribution >= 4 is 10.4 Å². The van der Waals surface area contributed by atoms with E-state index in [-0.39, 0.29) is 12.1 Å². The molecule has 0 aromatic carbocycles. The molecule has 0 spiro atoms. The molecule has 0 aromatic heterocycles. The average molecular weight is 480 g/mol. The Kier molecular flexibility index (Phi) is 22.7. The van der Waals surface area contributed by atoms with Crippen LogP contribution in [0.2, 0.25) is 0 Å². The predicted molar refractivity (Wildman–Crippen MR) is 138 cm³/mol. The summed E-state index contributed by atoms with van der Waals surface area (Å²) in [7, 11) is -4.72. The molecule has 1 atom stereocenters. The van der Waals surface area contributed by atoms with Crippen molar-refractivity contribution in [2.45, 2.75) is 162 Å². The van der Waals surface area contributed by atoms with E-state index in [2.05, 4.69) is 27.7 Å². The first-order valence-corrected chi connectivity index (χ1v) is 14.8. The summed E-state index contributed by atoms with van der Waals surface area (Å²) in [6.07, 6.45) is 22.1. The quantitative estimate of drug-likeness (QED) is 0.0896. The lowest BCUT2D eigenvalue weighted by molar-refractivity contribution is -0.0142. The lowest BCUT2D eigenvalue weighted by Crippen LogP contribution is -2.41. The maximum atomic E-state index is 11.7. The molecule has 0 saturated carbocycles. The van der Waals surface area contributed by atoms with Gasteiger partial charge in [-0.25, -0.2) is 8.42 Å². The van der Waals surface area contributed by atoms with Crippen molar-refractivity contribution < 1.29 is 17.2 Å². The van der Waals surface area contributed by atoms with Gasteiger partial charge in [-0.15, -0.1) is 0 Å². The average Bonchev–Trinajstić information content (AvgIpc) is 2.71. The molecule has 4 N–H and O–H groups in total. The van der Waals surface area contributed by atoms with Crippen LogP contribution in [0.1, 0.15) is 156 Å². The second kappa shape index (κ2) is 21.4. The van der Waals surface area contributed by atoms with Crippen molar-refractivity contribution in [2.75, 3.05) is 0 Å². The molecule has 0 amide bonds. The Morgan fingerprint density at radius 2 is 1.00 bits per heavy atom. The summed E-state index contributed by atoms with van der Waals surface area (Å²) >= 11 is 0. The van der Waals surface area contributed by atoms with Gasteiger partial charge in [0.05, 0.1) is 5.60 Å². The van der Waals surface area contributed by atoms with Gasteiger partial charge in [-0.3, -0.25) is 4.18 Å². The fourth-order valence-electron chi connectivity index (χ4n) is 4.71. The summed E-state index contributed by atoms with van der Waals surface area (Å²) in [4.78, 5) is 0. The van der Waals surface area contributed by atoms with Gasteiger partial charge in [-0.2, -0.15) is 0 Å². The molecule has 0 aliphatic heterocycles. The van der Waals surface area contributed by atoms with Crippen molar-refractivity contribution in [3.8, 4) is 0 Å². The molecule has 0 heterocycles. The molecular formula is C26H57NO4S. The molecule has 1 unspecified atom stereocenters. The molecule has 0 aliphatic rings. The number of unbranched alkanes of at least 4 members (excludes halogenated alkanes) is 14. The van der Waals surface area contributed by atoms with Gasteiger partial charge in [0.2, 0.25) is 10.4 Å². The third kappa shape index (κ3) is 18.3. The third-order valence-electron chi connectivity index (χ3n) is 6.81. The zero-order valence-electron chi connectivity index (χ0n) is 22.3. The topological polar surface area (TPSA) is 103 Å². The Morgan fingerprint density at radius 3 is 1.38 bits per heavy atom. The van der Waals surface area contributed by atoms with Crippen LogP contribution in [0.15, 0.2) is 0 Å². The summed E-state index contributed by atoms with van der Waals surface area (Å²) < 4.78 is 40.6. The monoisotopic (exact) mass is 479 g/mol. The smallest absolute Gasteiger partial charge is 0.218 e. The molecule has 0 aliphatic carbocycles. The molecule has 0 radical (unpaired) electrons. The van der Waals surface area contributed by atoms with E-state index in [0.717, 1.165) is 38.5 Å². The van der Waals surface area contributed by atoms with E-state index in [1.807, 2.05) is 0 Å². The zero-order chi connectivity index (χ0) is 23.4. The van der Waals surface area contributed by atoms with Crippen LogP contribution in [0, 0.1) is 5.92 Å². The van der Waals surface area contributed by atoms with Crippen molar-refractivity contribution in [1.29, 1.82) is 0 Å². The lowest BCUT2D eigenvalue weighted by atomic mass is 9.77. The first-order chi connectivity index (χ1) is 14.8. The summed E-state index contributed by atoms with van der Waals surface area (Å²) in [6, 6.07) is 0. The Labute approximate surface area is 201 Å². The summed E-state index contributed by atoms with van der Waals surface area (Å²) in [6.45, 7) is 8.74. The van der Waals surface area contributed by atoms with E-state index in [0.29, 0.717) is 12.8 Å². The summed E-state index contributed by atoms with van der Waals surface area (Å²) in [5.74, 6) is 0.0872. The Hall–Kier alpha value is -0.170. The van der Waals surface area contributed by atoms with Crippen LogP contribution in [0.25, 0.3) is 0 Å². The van der Waals surface area contributed by atoms with Crippen LogP contribution in [-0.4, -0.2) is 18.6 Å². The zero-order valence-corrected chi connectivity index (χ0v) is 23.1. The fraction of sp³-hybridized carbons (Fsp3) is 1.00. The van der Waals surface area contributed by atoms with Crippen LogP contribution in [0.5, 0.6) is 0 Å². The normalized spacial score (nSPS) is 13.2. The highest BCUT2D eigenvalue weighted by molar-refractivity contribution is 7.80. The van der Waals surface area contributed by atoms with E-state index < -0.39 is 16.0 Å². The Bertz CT molecular complexity index is 480. The first kappa shape index (κ1) is 34.0. The van der Waals surface area contributed by atoms with Crippen molar-refractivity contribution in [1.82, 2.24) is 6.15 Å². The molecule has 0 saturated heterocycles. The van der Waals surface area contributed by atoms with Gasteiger partial charge >= 0.3 is 0 Å². The second-order valence-corrected chi connectivity index (χ2v) is 10.7. The van der Waals surface area contributed by atoms with Crippen molar-refractivity contribution in [3.05, 3.63) is 0 Å². The molecule has 32 heavy (non-hydrogen) atoms. The highest BCUT2D eigenvalue weighted by Crippen LogP contribution is 2.38. The largest absolute Gasteiger partial charge is 0.726 e. The van der Waals surface area contributed by atoms with Gasteiger partial charge in [0, 0.05) is 0 Å². The molecular weight excluding hydrogens is 422 g/mol. The molecule has 6 heteroatoms. The first-order valence-electron chi connectivity index (χ1n) is 13.5. The van der Waals surface area contributed by atoms with Crippen LogP contribution in [0.4, 0.5) is 0 Å². The highest BCUT2D eigenvalue weighted by Gasteiger charge is 2.38. The number of hydrogen-bond donors (Lipinski definition) is 1. The van der Waals surface area contributed by atoms with Gasteiger partial charge in [0.15, 0.2) is 0 Å². The minimum atomic E-state index is -4.72. The standard InChI is InChI=1S/C26H54O4S.H3N/c1-5-8-11-14-17-20-23-26(30-31(27,28)29,24-21-18-15-12-9-6-2)25(4)22-19-16-13-10-7-3;/h25H,5-24H2,1-4H3,(H,27,28,29);1H3. The summed E-state index contributed by atoms with van der Waals surface area (Å²) in [5, 5.41) is 0. The third-order valence-corrected chi connectivity index (χ3v) is 7.35. The van der Waals surface area contributed by atoms with Gasteiger partial charge in [-0.1, -0.05) is 137 Å². The minimum Gasteiger partial charge on any atom is -0.726 e. The molecule has 0 bridgehead atoms. The van der Waals surface area contributed by atoms with Gasteiger partial charge in [-0.05, 0) is 25.2 Å². The Balaban J connectivity index is 0. The van der Waals surface area contributed by atoms with Crippen LogP contribution in [-0.2, 0) is 14.6 Å². The van der Waals surface area contributed by atoms with E-state index in [1.54, 1.807) is 0 Å². The highest BCUT2D eigenvalue weighted by atomic mass is 32.3. The van der Waals surface area contributed by atoms with Crippen LogP contribution >= 0.6 is 0 Å². The maximum Gasteiger partial charge on any atom is 0.218 e. The molecule has 0 aromatic rings. The van der Waals surface area contributed by atoms with E-state index in [4.69, 9.17) is 4.18 Å². The number of rotatable bonds is 23. The van der Waals surface area contributed by atoms with Gasteiger partial charge < -0.3 is 10.7 Å². The molecule has 5 nitrogen and oxygen atoms in total. The SMILES string of the molecule is CCCCCCCCC(CCCCCCCC)(OS(=O)(=O)[O-])C(C)CCCCCCC.[NH4+]. The second-order valence-electron chi connectivity index (χ2n) is 9.70. The van der Waals surface area contributed by atoms with Crippen molar-refractivity contribution in [3.63, 3.8) is 0 Å². The lowest BCUT2D eigenvalue weighted by Gasteiger charge is -2.40. The van der Waals surface area contributed by atoms with E-state index >= 15 is 0 Å². The maximum absolute atomic E-state index is 11.7. The Morgan fingerprint density at radius 1 is 0.656 bits per heavy atom. The van der Waals surface area contributed by atoms with Crippen LogP contribution in [0.3, 0.4) is 0 Å². The number of hydrogen-bond acceptors (Lipinski definition) is 4. The molecule has 0 rings (SSSR count). The molecule has 196 valence electrons. The van der Waals surface area contributed by atoms with Crippen LogP contribution < -0.4 is 6.15 Å². The molecule has 0 fully saturated rings.